The van der Waals surface area contributed by atoms with Crippen LogP contribution in [0.5, 0.6) is 5.75 Å². The van der Waals surface area contributed by atoms with E-state index in [1.807, 2.05) is 58.9 Å². The molecule has 0 saturated heterocycles. The van der Waals surface area contributed by atoms with Crippen LogP contribution < -0.4 is 10.1 Å². The Kier molecular flexibility index (Phi) is 6.69. The van der Waals surface area contributed by atoms with Gasteiger partial charge in [0.2, 0.25) is 0 Å². The van der Waals surface area contributed by atoms with Crippen LogP contribution in [0.1, 0.15) is 46.2 Å². The molecule has 0 spiro atoms. The minimum absolute atomic E-state index is 0.0598. The van der Waals surface area contributed by atoms with Crippen LogP contribution in [0.4, 0.5) is 0 Å². The molecular weight excluding hydrogens is 266 g/mol. The van der Waals surface area contributed by atoms with Gasteiger partial charge in [0.25, 0.3) is 0 Å². The lowest BCUT2D eigenvalue weighted by Gasteiger charge is -2.24. The molecule has 1 aromatic rings. The molecule has 0 aliphatic rings. The molecule has 1 unspecified atom stereocenters. The van der Waals surface area contributed by atoms with E-state index in [9.17, 15) is 4.79 Å². The Balaban J connectivity index is 2.73. The third-order valence-electron chi connectivity index (χ3n) is 3.30. The van der Waals surface area contributed by atoms with Gasteiger partial charge < -0.3 is 9.47 Å². The minimum Gasteiger partial charge on any atom is -0.491 e. The van der Waals surface area contributed by atoms with Crippen LogP contribution in [0.3, 0.4) is 0 Å². The molecule has 2 atom stereocenters. The highest BCUT2D eigenvalue weighted by Crippen LogP contribution is 2.20. The molecule has 4 heteroatoms. The molecule has 21 heavy (non-hydrogen) atoms. The van der Waals surface area contributed by atoms with Crippen LogP contribution in [0.25, 0.3) is 0 Å². The summed E-state index contributed by atoms with van der Waals surface area (Å²) in [5.74, 6) is 0.800. The zero-order valence-corrected chi connectivity index (χ0v) is 13.8. The lowest BCUT2D eigenvalue weighted by Crippen LogP contribution is -2.42. The number of benzene rings is 1. The third kappa shape index (κ3) is 5.38. The van der Waals surface area contributed by atoms with Gasteiger partial charge in [-0.2, -0.15) is 0 Å². The molecule has 4 nitrogen and oxygen atoms in total. The highest BCUT2D eigenvalue weighted by molar-refractivity contribution is 5.76. The predicted octanol–water partition coefficient (Wildman–Crippen LogP) is 3.32. The quantitative estimate of drug-likeness (QED) is 0.783. The first kappa shape index (κ1) is 17.5. The van der Waals surface area contributed by atoms with E-state index in [1.165, 1.54) is 7.11 Å². The number of ether oxygens (including phenoxy) is 2. The number of methoxy groups -OCH3 is 1. The fourth-order valence-corrected chi connectivity index (χ4v) is 2.13. The monoisotopic (exact) mass is 293 g/mol. The summed E-state index contributed by atoms with van der Waals surface area (Å²) in [6.45, 7) is 10.0. The summed E-state index contributed by atoms with van der Waals surface area (Å²) in [7, 11) is 1.42. The number of esters is 1. The van der Waals surface area contributed by atoms with Crippen LogP contribution in [-0.2, 0) is 9.53 Å². The second-order valence-corrected chi connectivity index (χ2v) is 5.87. The molecule has 0 aliphatic heterocycles. The summed E-state index contributed by atoms with van der Waals surface area (Å²) in [5, 5.41) is 3.33. The second kappa shape index (κ2) is 8.03. The molecule has 0 amide bonds. The molecule has 118 valence electrons. The molecule has 1 rings (SSSR count). The van der Waals surface area contributed by atoms with Gasteiger partial charge in [0.05, 0.1) is 13.2 Å². The molecule has 0 bridgehead atoms. The van der Waals surface area contributed by atoms with Crippen molar-refractivity contribution in [3.05, 3.63) is 29.8 Å². The number of hydrogen-bond acceptors (Lipinski definition) is 4. The van der Waals surface area contributed by atoms with Gasteiger partial charge in [-0.15, -0.1) is 0 Å². The van der Waals surface area contributed by atoms with E-state index in [4.69, 9.17) is 9.47 Å². The molecule has 1 N–H and O–H groups in total. The summed E-state index contributed by atoms with van der Waals surface area (Å²) in [6.07, 6.45) is 0.163. The van der Waals surface area contributed by atoms with Crippen molar-refractivity contribution >= 4 is 5.97 Å². The predicted molar refractivity (Wildman–Crippen MR) is 84.4 cm³/mol. The first-order valence-electron chi connectivity index (χ1n) is 7.45. The van der Waals surface area contributed by atoms with Crippen molar-refractivity contribution in [1.29, 1.82) is 0 Å². The average molecular weight is 293 g/mol. The van der Waals surface area contributed by atoms with Crippen molar-refractivity contribution in [2.45, 2.75) is 52.8 Å². The summed E-state index contributed by atoms with van der Waals surface area (Å²) < 4.78 is 10.5. The van der Waals surface area contributed by atoms with Crippen molar-refractivity contribution < 1.29 is 14.3 Å². The maximum Gasteiger partial charge on any atom is 0.323 e. The van der Waals surface area contributed by atoms with E-state index in [0.29, 0.717) is 0 Å². The average Bonchev–Trinajstić information content (AvgIpc) is 2.43. The van der Waals surface area contributed by atoms with Gasteiger partial charge >= 0.3 is 5.97 Å². The number of carbonyl (C=O) groups is 1. The first-order chi connectivity index (χ1) is 9.85. The SMILES string of the molecule is COC(=O)[C@@H](NC(C)c1ccc(OC(C)C)cc1)C(C)C. The van der Waals surface area contributed by atoms with Crippen LogP contribution >= 0.6 is 0 Å². The lowest BCUT2D eigenvalue weighted by molar-refractivity contribution is -0.144. The fraction of sp³-hybridized carbons (Fsp3) is 0.588. The Labute approximate surface area is 127 Å². The molecule has 0 heterocycles. The molecule has 0 aliphatic carbocycles. The van der Waals surface area contributed by atoms with Crippen LogP contribution in [0.15, 0.2) is 24.3 Å². The zero-order valence-electron chi connectivity index (χ0n) is 13.8. The summed E-state index contributed by atoms with van der Waals surface area (Å²) in [4.78, 5) is 11.8. The Hall–Kier alpha value is -1.55. The maximum absolute atomic E-state index is 11.8. The largest absolute Gasteiger partial charge is 0.491 e. The third-order valence-corrected chi connectivity index (χ3v) is 3.30. The lowest BCUT2D eigenvalue weighted by atomic mass is 10.0. The van der Waals surface area contributed by atoms with Gasteiger partial charge in [0.1, 0.15) is 11.8 Å². The topological polar surface area (TPSA) is 47.6 Å². The number of carbonyl (C=O) groups excluding carboxylic acids is 1. The number of rotatable bonds is 7. The van der Waals surface area contributed by atoms with Crippen molar-refractivity contribution in [1.82, 2.24) is 5.32 Å². The van der Waals surface area contributed by atoms with Gasteiger partial charge in [-0.05, 0) is 44.4 Å². The standard InChI is InChI=1S/C17H27NO3/c1-11(2)16(17(19)20-6)18-13(5)14-7-9-15(10-8-14)21-12(3)4/h7-13,16,18H,1-6H3/t13?,16-/m0/s1. The van der Waals surface area contributed by atoms with Gasteiger partial charge in [-0.3, -0.25) is 10.1 Å². The van der Waals surface area contributed by atoms with E-state index in [2.05, 4.69) is 5.32 Å². The summed E-state index contributed by atoms with van der Waals surface area (Å²) in [5.41, 5.74) is 1.11. The first-order valence-corrected chi connectivity index (χ1v) is 7.45. The van der Waals surface area contributed by atoms with Crippen molar-refractivity contribution in [2.24, 2.45) is 5.92 Å². The van der Waals surface area contributed by atoms with Crippen LogP contribution in [0.2, 0.25) is 0 Å². The molecular formula is C17H27NO3. The Bertz CT molecular complexity index is 440. The van der Waals surface area contributed by atoms with Gasteiger partial charge in [0.15, 0.2) is 0 Å². The Morgan fingerprint density at radius 1 is 1.05 bits per heavy atom. The van der Waals surface area contributed by atoms with Gasteiger partial charge in [-0.25, -0.2) is 0 Å². The summed E-state index contributed by atoms with van der Waals surface area (Å²) in [6, 6.07) is 7.70. The molecule has 0 fully saturated rings. The van der Waals surface area contributed by atoms with Crippen LogP contribution in [-0.4, -0.2) is 25.2 Å². The van der Waals surface area contributed by atoms with E-state index in [-0.39, 0.29) is 30.1 Å². The summed E-state index contributed by atoms with van der Waals surface area (Å²) >= 11 is 0. The minimum atomic E-state index is -0.309. The smallest absolute Gasteiger partial charge is 0.323 e. The number of nitrogens with one attached hydrogen (secondary N) is 1. The fourth-order valence-electron chi connectivity index (χ4n) is 2.13. The molecule has 0 saturated carbocycles. The van der Waals surface area contributed by atoms with E-state index < -0.39 is 0 Å². The molecule has 1 aromatic carbocycles. The highest BCUT2D eigenvalue weighted by atomic mass is 16.5. The molecule has 0 aromatic heterocycles. The normalized spacial score (nSPS) is 14.1. The van der Waals surface area contributed by atoms with Crippen LogP contribution in [0, 0.1) is 5.92 Å². The van der Waals surface area contributed by atoms with Crippen molar-refractivity contribution in [2.75, 3.05) is 7.11 Å². The Morgan fingerprint density at radius 2 is 1.62 bits per heavy atom. The molecule has 0 radical (unpaired) electrons. The second-order valence-electron chi connectivity index (χ2n) is 5.87. The highest BCUT2D eigenvalue weighted by Gasteiger charge is 2.24. The van der Waals surface area contributed by atoms with E-state index >= 15 is 0 Å². The van der Waals surface area contributed by atoms with Gasteiger partial charge in [-0.1, -0.05) is 26.0 Å². The maximum atomic E-state index is 11.8. The Morgan fingerprint density at radius 3 is 2.05 bits per heavy atom. The van der Waals surface area contributed by atoms with Crippen molar-refractivity contribution in [3.8, 4) is 5.75 Å². The zero-order chi connectivity index (χ0) is 16.0. The van der Waals surface area contributed by atoms with E-state index in [0.717, 1.165) is 11.3 Å². The van der Waals surface area contributed by atoms with Crippen molar-refractivity contribution in [3.63, 3.8) is 0 Å². The van der Waals surface area contributed by atoms with E-state index in [1.54, 1.807) is 0 Å². The number of hydrogen-bond donors (Lipinski definition) is 1. The van der Waals surface area contributed by atoms with Gasteiger partial charge in [0, 0.05) is 6.04 Å².